The van der Waals surface area contributed by atoms with E-state index >= 15 is 0 Å². The Bertz CT molecular complexity index is 1040. The first-order chi connectivity index (χ1) is 16.9. The summed E-state index contributed by atoms with van der Waals surface area (Å²) in [6, 6.07) is 8.34. The lowest BCUT2D eigenvalue weighted by Crippen LogP contribution is -2.65. The van der Waals surface area contributed by atoms with E-state index in [1.807, 2.05) is 42.3 Å². The van der Waals surface area contributed by atoms with E-state index in [0.717, 1.165) is 75.9 Å². The van der Waals surface area contributed by atoms with Crippen LogP contribution in [0.3, 0.4) is 0 Å². The Morgan fingerprint density at radius 2 is 1.64 bits per heavy atom. The molecule has 2 amide bonds. The SMILES string of the molecule is CN1CCC(N2CCN(C(=O)[C@@](C)(NC(=O)c3ccc4cc[nH]c4c3)C3CCCCC3)CC2)CC1.Cl. The largest absolute Gasteiger partial charge is 0.361 e. The first-order valence-electron chi connectivity index (χ1n) is 13.6. The van der Waals surface area contributed by atoms with Crippen molar-refractivity contribution < 1.29 is 9.59 Å². The van der Waals surface area contributed by atoms with E-state index in [9.17, 15) is 9.59 Å². The lowest BCUT2D eigenvalue weighted by atomic mass is 9.74. The zero-order valence-electron chi connectivity index (χ0n) is 21.8. The van der Waals surface area contributed by atoms with Gasteiger partial charge in [-0.25, -0.2) is 0 Å². The number of rotatable bonds is 5. The van der Waals surface area contributed by atoms with Gasteiger partial charge in [0.2, 0.25) is 5.91 Å². The fourth-order valence-corrected chi connectivity index (χ4v) is 6.49. The van der Waals surface area contributed by atoms with Crippen LogP contribution in [0.5, 0.6) is 0 Å². The van der Waals surface area contributed by atoms with Crippen molar-refractivity contribution in [1.82, 2.24) is 25.0 Å². The van der Waals surface area contributed by atoms with Gasteiger partial charge in [-0.1, -0.05) is 25.3 Å². The number of hydrogen-bond donors (Lipinski definition) is 2. The van der Waals surface area contributed by atoms with Crippen LogP contribution in [-0.2, 0) is 4.79 Å². The third-order valence-electron chi connectivity index (χ3n) is 8.86. The predicted octanol–water partition coefficient (Wildman–Crippen LogP) is 3.90. The van der Waals surface area contributed by atoms with Crippen LogP contribution in [0.15, 0.2) is 30.5 Å². The highest BCUT2D eigenvalue weighted by molar-refractivity contribution is 6.01. The Morgan fingerprint density at radius 3 is 2.33 bits per heavy atom. The number of nitrogens with one attached hydrogen (secondary N) is 2. The number of piperidine rings is 1. The van der Waals surface area contributed by atoms with Crippen molar-refractivity contribution in [3.05, 3.63) is 36.0 Å². The molecule has 7 nitrogen and oxygen atoms in total. The van der Waals surface area contributed by atoms with Gasteiger partial charge in [-0.05, 0) is 82.2 Å². The van der Waals surface area contributed by atoms with Crippen LogP contribution in [0.25, 0.3) is 10.9 Å². The average molecular weight is 516 g/mol. The molecule has 0 radical (unpaired) electrons. The van der Waals surface area contributed by atoms with Crippen molar-refractivity contribution in [1.29, 1.82) is 0 Å². The maximum Gasteiger partial charge on any atom is 0.252 e. The van der Waals surface area contributed by atoms with Crippen LogP contribution in [0.2, 0.25) is 0 Å². The second kappa shape index (κ2) is 11.5. The number of nitrogens with zero attached hydrogens (tertiary/aromatic N) is 3. The van der Waals surface area contributed by atoms with Crippen LogP contribution in [-0.4, -0.2) is 89.4 Å². The van der Waals surface area contributed by atoms with Gasteiger partial charge in [0, 0.05) is 49.5 Å². The van der Waals surface area contributed by atoms with Gasteiger partial charge in [-0.3, -0.25) is 14.5 Å². The molecule has 8 heteroatoms. The minimum absolute atomic E-state index is 0. The number of likely N-dealkylation sites (tertiary alicyclic amines) is 1. The van der Waals surface area contributed by atoms with E-state index in [4.69, 9.17) is 0 Å². The lowest BCUT2D eigenvalue weighted by molar-refractivity contribution is -0.142. The van der Waals surface area contributed by atoms with E-state index in [-0.39, 0.29) is 30.1 Å². The maximum absolute atomic E-state index is 14.1. The molecule has 2 N–H and O–H groups in total. The van der Waals surface area contributed by atoms with Gasteiger partial charge >= 0.3 is 0 Å². The standard InChI is InChI=1S/C28H41N5O2.ClH/c1-28(23-6-4-3-5-7-23,30-26(34)22-9-8-21-10-13-29-25(21)20-22)27(35)33-18-16-32(17-19-33)24-11-14-31(2)15-12-24;/h8-10,13,20,23-24,29H,3-7,11-12,14-19H2,1-2H3,(H,30,34);1H/t28-;/m0./s1. The smallest absolute Gasteiger partial charge is 0.252 e. The molecule has 2 aromatic rings. The van der Waals surface area contributed by atoms with Crippen LogP contribution < -0.4 is 5.32 Å². The Kier molecular flexibility index (Phi) is 8.63. The number of H-pyrrole nitrogens is 1. The van der Waals surface area contributed by atoms with Crippen molar-refractivity contribution in [2.24, 2.45) is 5.92 Å². The van der Waals surface area contributed by atoms with Crippen molar-refractivity contribution in [3.63, 3.8) is 0 Å². The predicted molar refractivity (Wildman–Crippen MR) is 147 cm³/mol. The van der Waals surface area contributed by atoms with Gasteiger partial charge in [0.15, 0.2) is 0 Å². The molecule has 2 saturated heterocycles. The third kappa shape index (κ3) is 5.58. The molecule has 2 aliphatic heterocycles. The fraction of sp³-hybridized carbons (Fsp3) is 0.643. The van der Waals surface area contributed by atoms with Crippen LogP contribution in [0.1, 0.15) is 62.2 Å². The molecule has 0 spiro atoms. The van der Waals surface area contributed by atoms with Crippen LogP contribution >= 0.6 is 12.4 Å². The summed E-state index contributed by atoms with van der Waals surface area (Å²) in [5.74, 6) is 0.114. The van der Waals surface area contributed by atoms with E-state index in [0.29, 0.717) is 11.6 Å². The molecule has 1 aromatic heterocycles. The molecular weight excluding hydrogens is 474 g/mol. The van der Waals surface area contributed by atoms with Crippen molar-refractivity contribution in [2.75, 3.05) is 46.3 Å². The molecule has 0 unspecified atom stereocenters. The van der Waals surface area contributed by atoms with E-state index < -0.39 is 5.54 Å². The minimum Gasteiger partial charge on any atom is -0.361 e. The van der Waals surface area contributed by atoms with Crippen molar-refractivity contribution in [2.45, 2.75) is 63.5 Å². The van der Waals surface area contributed by atoms with Crippen LogP contribution in [0.4, 0.5) is 0 Å². The molecule has 3 heterocycles. The normalized spacial score (nSPS) is 22.7. The summed E-state index contributed by atoms with van der Waals surface area (Å²) in [6.07, 6.45) is 9.77. The first kappa shape index (κ1) is 27.0. The van der Waals surface area contributed by atoms with Gasteiger partial charge in [0.1, 0.15) is 5.54 Å². The Balaban J connectivity index is 0.00000304. The van der Waals surface area contributed by atoms with Crippen molar-refractivity contribution in [3.8, 4) is 0 Å². The third-order valence-corrected chi connectivity index (χ3v) is 8.86. The molecule has 36 heavy (non-hydrogen) atoms. The van der Waals surface area contributed by atoms with E-state index in [1.165, 1.54) is 19.3 Å². The number of fused-ring (bicyclic) bond motifs is 1. The molecule has 1 saturated carbocycles. The number of piperazine rings is 1. The summed E-state index contributed by atoms with van der Waals surface area (Å²) < 4.78 is 0. The summed E-state index contributed by atoms with van der Waals surface area (Å²) in [7, 11) is 2.20. The topological polar surface area (TPSA) is 71.7 Å². The average Bonchev–Trinajstić information content (AvgIpc) is 3.37. The highest BCUT2D eigenvalue weighted by Crippen LogP contribution is 2.35. The molecule has 3 fully saturated rings. The van der Waals surface area contributed by atoms with Gasteiger partial charge in [-0.2, -0.15) is 0 Å². The Labute approximate surface area is 221 Å². The lowest BCUT2D eigenvalue weighted by Gasteiger charge is -2.46. The highest BCUT2D eigenvalue weighted by Gasteiger charge is 2.46. The molecule has 198 valence electrons. The molecule has 0 bridgehead atoms. The zero-order valence-corrected chi connectivity index (χ0v) is 22.6. The van der Waals surface area contributed by atoms with Crippen molar-refractivity contribution >= 4 is 35.1 Å². The van der Waals surface area contributed by atoms with Crippen LogP contribution in [0, 0.1) is 5.92 Å². The molecule has 1 atom stereocenters. The zero-order chi connectivity index (χ0) is 24.4. The number of carbonyl (C=O) groups excluding carboxylic acids is 2. The number of hydrogen-bond acceptors (Lipinski definition) is 4. The molecule has 3 aliphatic rings. The Morgan fingerprint density at radius 1 is 0.944 bits per heavy atom. The summed E-state index contributed by atoms with van der Waals surface area (Å²) in [5, 5.41) is 4.33. The molecule has 5 rings (SSSR count). The fourth-order valence-electron chi connectivity index (χ4n) is 6.49. The van der Waals surface area contributed by atoms with E-state index in [2.05, 4.69) is 27.1 Å². The number of aromatic amines is 1. The minimum atomic E-state index is -0.877. The summed E-state index contributed by atoms with van der Waals surface area (Å²) in [6.45, 7) is 7.65. The quantitative estimate of drug-likeness (QED) is 0.633. The summed E-state index contributed by atoms with van der Waals surface area (Å²) in [5.41, 5.74) is 0.660. The monoisotopic (exact) mass is 515 g/mol. The van der Waals surface area contributed by atoms with Gasteiger partial charge in [0.05, 0.1) is 0 Å². The summed E-state index contributed by atoms with van der Waals surface area (Å²) >= 11 is 0. The molecular formula is C28H42ClN5O2. The first-order valence-corrected chi connectivity index (χ1v) is 13.6. The van der Waals surface area contributed by atoms with Gasteiger partial charge in [0.25, 0.3) is 5.91 Å². The maximum atomic E-state index is 14.1. The molecule has 1 aromatic carbocycles. The van der Waals surface area contributed by atoms with E-state index in [1.54, 1.807) is 0 Å². The number of benzene rings is 1. The number of aromatic nitrogens is 1. The Hall–Kier alpha value is -2.09. The number of halogens is 1. The second-order valence-electron chi connectivity index (χ2n) is 11.1. The summed E-state index contributed by atoms with van der Waals surface area (Å²) in [4.78, 5) is 37.7. The number of carbonyl (C=O) groups is 2. The number of amides is 2. The second-order valence-corrected chi connectivity index (χ2v) is 11.1. The molecule has 1 aliphatic carbocycles. The van der Waals surface area contributed by atoms with Gasteiger partial charge in [-0.15, -0.1) is 12.4 Å². The van der Waals surface area contributed by atoms with Gasteiger partial charge < -0.3 is 20.1 Å². The highest BCUT2D eigenvalue weighted by atomic mass is 35.5.